The van der Waals surface area contributed by atoms with Crippen LogP contribution >= 0.6 is 11.6 Å². The van der Waals surface area contributed by atoms with E-state index in [4.69, 9.17) is 25.8 Å². The minimum Gasteiger partial charge on any atom is -0.494 e. The number of hydrogen-bond acceptors (Lipinski definition) is 6. The zero-order valence-corrected chi connectivity index (χ0v) is 19.6. The molecule has 0 aliphatic carbocycles. The van der Waals surface area contributed by atoms with Gasteiger partial charge in [0, 0.05) is 6.07 Å². The van der Waals surface area contributed by atoms with Gasteiger partial charge in [0.1, 0.15) is 11.3 Å². The molecule has 0 spiro atoms. The second kappa shape index (κ2) is 10.4. The van der Waals surface area contributed by atoms with Gasteiger partial charge in [0.2, 0.25) is 0 Å². The third-order valence-electron chi connectivity index (χ3n) is 4.95. The summed E-state index contributed by atoms with van der Waals surface area (Å²) in [5.41, 5.74) is 0.476. The summed E-state index contributed by atoms with van der Waals surface area (Å²) >= 11 is 6.40. The van der Waals surface area contributed by atoms with Crippen LogP contribution in [0.4, 0.5) is 10.5 Å². The molecular formula is C24H25ClN2O6. The molecule has 1 aliphatic rings. The average molecular weight is 473 g/mol. The Kier molecular flexibility index (Phi) is 7.60. The Morgan fingerprint density at radius 1 is 1.15 bits per heavy atom. The molecule has 1 aliphatic heterocycles. The lowest BCUT2D eigenvalue weighted by Crippen LogP contribution is -2.54. The molecule has 1 fully saturated rings. The zero-order chi connectivity index (χ0) is 24.1. The zero-order valence-electron chi connectivity index (χ0n) is 18.8. The van der Waals surface area contributed by atoms with Crippen molar-refractivity contribution in [3.8, 4) is 17.2 Å². The second-order valence-corrected chi connectivity index (χ2v) is 7.67. The summed E-state index contributed by atoms with van der Waals surface area (Å²) in [4.78, 5) is 39.0. The molecule has 1 heterocycles. The molecule has 0 bridgehead atoms. The first-order valence-corrected chi connectivity index (χ1v) is 10.8. The van der Waals surface area contributed by atoms with E-state index in [2.05, 4.69) is 5.32 Å². The summed E-state index contributed by atoms with van der Waals surface area (Å²) in [7, 11) is 1.47. The van der Waals surface area contributed by atoms with Crippen LogP contribution in [0, 0.1) is 0 Å². The van der Waals surface area contributed by atoms with Crippen LogP contribution in [0.25, 0.3) is 6.08 Å². The third-order valence-corrected chi connectivity index (χ3v) is 5.23. The number of halogens is 1. The smallest absolute Gasteiger partial charge is 0.335 e. The van der Waals surface area contributed by atoms with Gasteiger partial charge in [-0.05, 0) is 56.2 Å². The van der Waals surface area contributed by atoms with E-state index >= 15 is 0 Å². The number of nitrogens with one attached hydrogen (secondary N) is 1. The number of carbonyl (C=O) groups is 3. The molecule has 33 heavy (non-hydrogen) atoms. The number of nitrogens with zero attached hydrogens (tertiary/aromatic N) is 1. The van der Waals surface area contributed by atoms with Gasteiger partial charge < -0.3 is 14.2 Å². The molecule has 0 saturated carbocycles. The molecule has 9 heteroatoms. The van der Waals surface area contributed by atoms with Crippen LogP contribution in [0.2, 0.25) is 5.02 Å². The third kappa shape index (κ3) is 5.28. The van der Waals surface area contributed by atoms with E-state index in [1.165, 1.54) is 13.2 Å². The summed E-state index contributed by atoms with van der Waals surface area (Å²) < 4.78 is 16.7. The van der Waals surface area contributed by atoms with E-state index < -0.39 is 17.8 Å². The largest absolute Gasteiger partial charge is 0.494 e. The standard InChI is InChI=1S/C24H25ClN2O6/c1-5-14(3)33-21-19(25)11-15(12-20(21)31-4)10-18-22(28)26-24(30)27(23(18)29)16-8-7-9-17(13-16)32-6-2/h7-14H,5-6H2,1-4H3,(H,26,28,30). The number of benzene rings is 2. The highest BCUT2D eigenvalue weighted by molar-refractivity contribution is 6.39. The van der Waals surface area contributed by atoms with Crippen LogP contribution < -0.4 is 24.4 Å². The second-order valence-electron chi connectivity index (χ2n) is 7.26. The molecular weight excluding hydrogens is 448 g/mol. The predicted octanol–water partition coefficient (Wildman–Crippen LogP) is 4.59. The van der Waals surface area contributed by atoms with E-state index in [1.54, 1.807) is 36.4 Å². The highest BCUT2D eigenvalue weighted by Crippen LogP contribution is 2.38. The Morgan fingerprint density at radius 2 is 1.91 bits per heavy atom. The maximum Gasteiger partial charge on any atom is 0.335 e. The fraction of sp³-hybridized carbons (Fsp3) is 0.292. The number of barbiturate groups is 1. The van der Waals surface area contributed by atoms with Crippen molar-refractivity contribution < 1.29 is 28.6 Å². The molecule has 0 aromatic heterocycles. The Balaban J connectivity index is 1.99. The number of urea groups is 1. The molecule has 1 atom stereocenters. The Labute approximate surface area is 197 Å². The highest BCUT2D eigenvalue weighted by atomic mass is 35.5. The molecule has 1 unspecified atom stereocenters. The lowest BCUT2D eigenvalue weighted by atomic mass is 10.1. The van der Waals surface area contributed by atoms with Crippen LogP contribution in [0.3, 0.4) is 0 Å². The minimum absolute atomic E-state index is 0.0849. The van der Waals surface area contributed by atoms with Crippen LogP contribution in [-0.2, 0) is 9.59 Å². The molecule has 0 radical (unpaired) electrons. The van der Waals surface area contributed by atoms with Crippen LogP contribution in [0.15, 0.2) is 42.0 Å². The normalized spacial score (nSPS) is 16.0. The Hall–Kier alpha value is -3.52. The van der Waals surface area contributed by atoms with Crippen molar-refractivity contribution in [2.75, 3.05) is 18.6 Å². The number of carbonyl (C=O) groups excluding carboxylic acids is 3. The highest BCUT2D eigenvalue weighted by Gasteiger charge is 2.37. The number of ether oxygens (including phenoxy) is 3. The minimum atomic E-state index is -0.844. The molecule has 3 rings (SSSR count). The SMILES string of the molecule is CCOc1cccc(N2C(=O)NC(=O)C(=Cc3cc(Cl)c(OC(C)CC)c(OC)c3)C2=O)c1. The lowest BCUT2D eigenvalue weighted by molar-refractivity contribution is -0.122. The average Bonchev–Trinajstić information content (AvgIpc) is 2.78. The predicted molar refractivity (Wildman–Crippen MR) is 125 cm³/mol. The maximum atomic E-state index is 13.2. The summed E-state index contributed by atoms with van der Waals surface area (Å²) in [5, 5.41) is 2.46. The van der Waals surface area contributed by atoms with E-state index in [1.807, 2.05) is 20.8 Å². The van der Waals surface area contributed by atoms with Gasteiger partial charge in [-0.1, -0.05) is 24.6 Å². The Bertz CT molecular complexity index is 1110. The van der Waals surface area contributed by atoms with E-state index in [-0.39, 0.29) is 22.4 Å². The molecule has 2 aromatic rings. The molecule has 2 aromatic carbocycles. The number of methoxy groups -OCH3 is 1. The summed E-state index contributed by atoms with van der Waals surface area (Å²) in [6, 6.07) is 8.81. The fourth-order valence-electron chi connectivity index (χ4n) is 3.16. The summed E-state index contributed by atoms with van der Waals surface area (Å²) in [5.74, 6) is -0.355. The van der Waals surface area contributed by atoms with Gasteiger partial charge in [0.25, 0.3) is 11.8 Å². The van der Waals surface area contributed by atoms with Gasteiger partial charge in [-0.25, -0.2) is 9.69 Å². The van der Waals surface area contributed by atoms with Crippen LogP contribution in [-0.4, -0.2) is 37.7 Å². The molecule has 174 valence electrons. The van der Waals surface area contributed by atoms with E-state index in [9.17, 15) is 14.4 Å². The lowest BCUT2D eigenvalue weighted by Gasteiger charge is -2.26. The maximum absolute atomic E-state index is 13.2. The van der Waals surface area contributed by atoms with Crippen molar-refractivity contribution in [1.29, 1.82) is 0 Å². The number of hydrogen-bond donors (Lipinski definition) is 1. The van der Waals surface area contributed by atoms with Crippen molar-refractivity contribution in [3.05, 3.63) is 52.6 Å². The first-order valence-electron chi connectivity index (χ1n) is 10.5. The summed E-state index contributed by atoms with van der Waals surface area (Å²) in [6.07, 6.45) is 2.04. The number of anilines is 1. The van der Waals surface area contributed by atoms with Gasteiger partial charge >= 0.3 is 6.03 Å². The number of rotatable bonds is 8. The molecule has 8 nitrogen and oxygen atoms in total. The van der Waals surface area contributed by atoms with E-state index in [0.29, 0.717) is 29.4 Å². The number of imide groups is 2. The fourth-order valence-corrected chi connectivity index (χ4v) is 3.42. The van der Waals surface area contributed by atoms with Crippen molar-refractivity contribution in [2.45, 2.75) is 33.3 Å². The molecule has 4 amide bonds. The van der Waals surface area contributed by atoms with Crippen LogP contribution in [0.5, 0.6) is 17.2 Å². The quantitative estimate of drug-likeness (QED) is 0.446. The first kappa shape index (κ1) is 24.1. The Morgan fingerprint density at radius 3 is 2.58 bits per heavy atom. The van der Waals surface area contributed by atoms with Crippen molar-refractivity contribution in [3.63, 3.8) is 0 Å². The van der Waals surface area contributed by atoms with Crippen molar-refractivity contribution >= 4 is 41.2 Å². The van der Waals surface area contributed by atoms with E-state index in [0.717, 1.165) is 11.3 Å². The first-order chi connectivity index (χ1) is 15.8. The van der Waals surface area contributed by atoms with Gasteiger partial charge in [-0.3, -0.25) is 14.9 Å². The molecule has 1 saturated heterocycles. The van der Waals surface area contributed by atoms with Gasteiger partial charge in [-0.15, -0.1) is 0 Å². The van der Waals surface area contributed by atoms with Gasteiger partial charge in [0.15, 0.2) is 11.5 Å². The van der Waals surface area contributed by atoms with Gasteiger partial charge in [-0.2, -0.15) is 0 Å². The summed E-state index contributed by atoms with van der Waals surface area (Å²) in [6.45, 7) is 6.13. The van der Waals surface area contributed by atoms with Crippen molar-refractivity contribution in [2.24, 2.45) is 0 Å². The number of amides is 4. The van der Waals surface area contributed by atoms with Crippen molar-refractivity contribution in [1.82, 2.24) is 5.32 Å². The van der Waals surface area contributed by atoms with Crippen LogP contribution in [0.1, 0.15) is 32.8 Å². The topological polar surface area (TPSA) is 94.2 Å². The van der Waals surface area contributed by atoms with Gasteiger partial charge in [0.05, 0.1) is 30.5 Å². The molecule has 1 N–H and O–H groups in total. The monoisotopic (exact) mass is 472 g/mol.